The smallest absolute Gasteiger partial charge is 0.242 e. The number of amides is 2. The van der Waals surface area contributed by atoms with E-state index < -0.39 is 6.04 Å². The van der Waals surface area contributed by atoms with Crippen molar-refractivity contribution in [1.29, 1.82) is 0 Å². The van der Waals surface area contributed by atoms with Gasteiger partial charge in [0.1, 0.15) is 6.04 Å². The molecule has 1 aliphatic heterocycles. The van der Waals surface area contributed by atoms with E-state index in [2.05, 4.69) is 10.6 Å². The lowest BCUT2D eigenvalue weighted by Gasteiger charge is -2.55. The zero-order valence-electron chi connectivity index (χ0n) is 16.3. The Morgan fingerprint density at radius 2 is 1.69 bits per heavy atom. The van der Waals surface area contributed by atoms with Gasteiger partial charge in [-0.1, -0.05) is 13.8 Å². The largest absolute Gasteiger partial charge is 0.376 e. The number of carbonyl (C=O) groups excluding carboxylic acids is 2. The molecule has 1 saturated heterocycles. The highest BCUT2D eigenvalue weighted by molar-refractivity contribution is 5.90. The fourth-order valence-electron chi connectivity index (χ4n) is 6.35. The molecule has 0 spiro atoms. The van der Waals surface area contributed by atoms with Crippen LogP contribution in [0.5, 0.6) is 0 Å². The summed E-state index contributed by atoms with van der Waals surface area (Å²) in [4.78, 5) is 26.0. The first-order valence-corrected chi connectivity index (χ1v) is 10.7. The van der Waals surface area contributed by atoms with Gasteiger partial charge in [0.25, 0.3) is 0 Å². The number of hydrogen-bond acceptors (Lipinski definition) is 3. The monoisotopic (exact) mass is 362 g/mol. The minimum atomic E-state index is -0.447. The van der Waals surface area contributed by atoms with Crippen molar-refractivity contribution in [2.45, 2.75) is 77.4 Å². The Morgan fingerprint density at radius 3 is 2.19 bits per heavy atom. The summed E-state index contributed by atoms with van der Waals surface area (Å²) in [5.41, 5.74) is -0.198. The van der Waals surface area contributed by atoms with E-state index in [1.165, 1.54) is 19.3 Å². The minimum Gasteiger partial charge on any atom is -0.376 e. The molecule has 2 amide bonds. The normalized spacial score (nSPS) is 39.2. The molecule has 0 unspecified atom stereocenters. The van der Waals surface area contributed by atoms with E-state index in [-0.39, 0.29) is 29.3 Å². The molecule has 146 valence electrons. The van der Waals surface area contributed by atoms with E-state index in [9.17, 15) is 9.59 Å². The third kappa shape index (κ3) is 3.51. The summed E-state index contributed by atoms with van der Waals surface area (Å²) in [7, 11) is 0. The van der Waals surface area contributed by atoms with Crippen LogP contribution < -0.4 is 10.6 Å². The topological polar surface area (TPSA) is 67.4 Å². The minimum absolute atomic E-state index is 0.0615. The Labute approximate surface area is 157 Å². The molecule has 0 aromatic rings. The van der Waals surface area contributed by atoms with Gasteiger partial charge in [0.05, 0.1) is 6.10 Å². The van der Waals surface area contributed by atoms with Crippen molar-refractivity contribution in [2.24, 2.45) is 29.1 Å². The fraction of sp³-hybridized carbons (Fsp3) is 0.905. The third-order valence-electron chi connectivity index (χ3n) is 7.28. The van der Waals surface area contributed by atoms with E-state index >= 15 is 0 Å². The molecule has 0 aromatic heterocycles. The van der Waals surface area contributed by atoms with Gasteiger partial charge in [0.15, 0.2) is 0 Å². The van der Waals surface area contributed by atoms with Crippen LogP contribution in [-0.2, 0) is 14.3 Å². The fourth-order valence-corrected chi connectivity index (χ4v) is 6.35. The Balaban J connectivity index is 1.38. The van der Waals surface area contributed by atoms with Crippen LogP contribution in [0.1, 0.15) is 65.2 Å². The summed E-state index contributed by atoms with van der Waals surface area (Å²) in [5, 5.41) is 6.16. The van der Waals surface area contributed by atoms with Gasteiger partial charge in [-0.25, -0.2) is 0 Å². The predicted molar refractivity (Wildman–Crippen MR) is 99.4 cm³/mol. The molecule has 5 heteroatoms. The third-order valence-corrected chi connectivity index (χ3v) is 7.28. The summed E-state index contributed by atoms with van der Waals surface area (Å²) >= 11 is 0. The summed E-state index contributed by atoms with van der Waals surface area (Å²) in [6, 6.07) is -0.447. The number of carbonyl (C=O) groups is 2. The summed E-state index contributed by atoms with van der Waals surface area (Å²) < 4.78 is 5.59. The second-order valence-corrected chi connectivity index (χ2v) is 9.77. The van der Waals surface area contributed by atoms with E-state index in [0.29, 0.717) is 6.54 Å². The Bertz CT molecular complexity index is 518. The van der Waals surface area contributed by atoms with Gasteiger partial charge in [-0.05, 0) is 75.0 Å². The van der Waals surface area contributed by atoms with Gasteiger partial charge in [0.2, 0.25) is 11.8 Å². The molecular weight excluding hydrogens is 328 g/mol. The maximum absolute atomic E-state index is 13.3. The Hall–Kier alpha value is -1.10. The van der Waals surface area contributed by atoms with E-state index in [0.717, 1.165) is 56.5 Å². The lowest BCUT2D eigenvalue weighted by molar-refractivity contribution is -0.149. The lowest BCUT2D eigenvalue weighted by Crippen LogP contribution is -2.58. The first-order chi connectivity index (χ1) is 12.4. The van der Waals surface area contributed by atoms with E-state index in [1.54, 1.807) is 0 Å². The van der Waals surface area contributed by atoms with Crippen LogP contribution in [0.2, 0.25) is 0 Å². The zero-order chi connectivity index (χ0) is 18.3. The highest BCUT2D eigenvalue weighted by atomic mass is 16.5. The average Bonchev–Trinajstić information content (AvgIpc) is 3.09. The number of hydrogen-bond donors (Lipinski definition) is 2. The molecule has 1 heterocycles. The van der Waals surface area contributed by atoms with Crippen LogP contribution in [0.4, 0.5) is 0 Å². The van der Waals surface area contributed by atoms with Crippen molar-refractivity contribution < 1.29 is 14.3 Å². The molecule has 0 aromatic carbocycles. The molecule has 5 aliphatic rings. The summed E-state index contributed by atoms with van der Waals surface area (Å²) in [6.07, 6.45) is 9.27. The molecule has 5 nitrogen and oxygen atoms in total. The molecular formula is C21H34N2O3. The summed E-state index contributed by atoms with van der Waals surface area (Å²) in [5.74, 6) is 2.36. The second-order valence-electron chi connectivity index (χ2n) is 9.77. The molecule has 2 atom stereocenters. The van der Waals surface area contributed by atoms with Gasteiger partial charge in [-0.2, -0.15) is 0 Å². The average molecular weight is 363 g/mol. The molecule has 2 N–H and O–H groups in total. The molecule has 5 fully saturated rings. The van der Waals surface area contributed by atoms with Crippen molar-refractivity contribution in [2.75, 3.05) is 13.2 Å². The van der Waals surface area contributed by atoms with E-state index in [4.69, 9.17) is 4.74 Å². The highest BCUT2D eigenvalue weighted by Gasteiger charge is 2.55. The van der Waals surface area contributed by atoms with Crippen molar-refractivity contribution in [1.82, 2.24) is 10.6 Å². The Kier molecular flexibility index (Phi) is 5.02. The first-order valence-electron chi connectivity index (χ1n) is 10.7. The van der Waals surface area contributed by atoms with Gasteiger partial charge in [-0.3, -0.25) is 9.59 Å². The molecule has 26 heavy (non-hydrogen) atoms. The predicted octanol–water partition coefficient (Wildman–Crippen LogP) is 2.64. The zero-order valence-corrected chi connectivity index (χ0v) is 16.3. The van der Waals surface area contributed by atoms with Crippen molar-refractivity contribution >= 4 is 11.8 Å². The van der Waals surface area contributed by atoms with Crippen LogP contribution in [-0.4, -0.2) is 37.1 Å². The first kappa shape index (κ1) is 18.3. The van der Waals surface area contributed by atoms with Gasteiger partial charge < -0.3 is 15.4 Å². The lowest BCUT2D eigenvalue weighted by atomic mass is 9.49. The number of rotatable bonds is 6. The maximum Gasteiger partial charge on any atom is 0.242 e. The van der Waals surface area contributed by atoms with Crippen LogP contribution in [0.25, 0.3) is 0 Å². The van der Waals surface area contributed by atoms with Gasteiger partial charge >= 0.3 is 0 Å². The van der Waals surface area contributed by atoms with Crippen LogP contribution in [0, 0.1) is 29.1 Å². The second kappa shape index (κ2) is 7.14. The van der Waals surface area contributed by atoms with Crippen LogP contribution >= 0.6 is 0 Å². The highest BCUT2D eigenvalue weighted by Crippen LogP contribution is 2.60. The SMILES string of the molecule is CC(C)[C@@H](NC(=O)C12CC3CC(CC(C3)C1)C2)C(=O)NC[C@H]1CCCO1. The van der Waals surface area contributed by atoms with Crippen LogP contribution in [0.3, 0.4) is 0 Å². The molecule has 0 radical (unpaired) electrons. The van der Waals surface area contributed by atoms with Crippen molar-refractivity contribution in [3.63, 3.8) is 0 Å². The quantitative estimate of drug-likeness (QED) is 0.763. The molecule has 4 bridgehead atoms. The molecule has 4 aliphatic carbocycles. The number of nitrogens with one attached hydrogen (secondary N) is 2. The van der Waals surface area contributed by atoms with Gasteiger partial charge in [0, 0.05) is 18.6 Å². The molecule has 4 saturated carbocycles. The molecule has 5 rings (SSSR count). The standard InChI is InChI=1S/C21H34N2O3/c1-13(2)18(19(24)22-12-17-4-3-5-26-17)23-20(25)21-9-14-6-15(10-21)8-16(7-14)11-21/h13-18H,3-12H2,1-2H3,(H,22,24)(H,23,25)/t14?,15?,16?,17-,18-,21?/m1/s1. The van der Waals surface area contributed by atoms with E-state index in [1.807, 2.05) is 13.8 Å². The van der Waals surface area contributed by atoms with Crippen molar-refractivity contribution in [3.05, 3.63) is 0 Å². The van der Waals surface area contributed by atoms with Crippen molar-refractivity contribution in [3.8, 4) is 0 Å². The van der Waals surface area contributed by atoms with Crippen LogP contribution in [0.15, 0.2) is 0 Å². The maximum atomic E-state index is 13.3. The van der Waals surface area contributed by atoms with Gasteiger partial charge in [-0.15, -0.1) is 0 Å². The Morgan fingerprint density at radius 1 is 1.08 bits per heavy atom. The number of ether oxygens (including phenoxy) is 1. The summed E-state index contributed by atoms with van der Waals surface area (Å²) in [6.45, 7) is 5.36.